The molecule has 1 saturated heterocycles. The van der Waals surface area contributed by atoms with Gasteiger partial charge in [0.2, 0.25) is 5.91 Å². The van der Waals surface area contributed by atoms with E-state index in [9.17, 15) is 14.7 Å². The summed E-state index contributed by atoms with van der Waals surface area (Å²) >= 11 is 0. The Morgan fingerprint density at radius 3 is 2.67 bits per heavy atom. The Morgan fingerprint density at radius 1 is 1.39 bits per heavy atom. The first-order valence-corrected chi connectivity index (χ1v) is 6.47. The smallest absolute Gasteiger partial charge is 0.326 e. The lowest BCUT2D eigenvalue weighted by molar-refractivity contribution is -0.151. The molecule has 1 aliphatic rings. The number of carbonyl (C=O) groups is 2. The molecule has 1 aliphatic heterocycles. The number of amides is 1. The van der Waals surface area contributed by atoms with Crippen molar-refractivity contribution in [1.82, 2.24) is 4.90 Å². The van der Waals surface area contributed by atoms with Gasteiger partial charge >= 0.3 is 5.97 Å². The van der Waals surface area contributed by atoms with Gasteiger partial charge in [-0.1, -0.05) is 25.3 Å². The summed E-state index contributed by atoms with van der Waals surface area (Å²) in [5.41, 5.74) is 5.76. The Kier molecular flexibility index (Phi) is 5.85. The zero-order valence-corrected chi connectivity index (χ0v) is 10.7. The second-order valence-electron chi connectivity index (χ2n) is 4.72. The van der Waals surface area contributed by atoms with Crippen LogP contribution in [0.15, 0.2) is 12.7 Å². The second kappa shape index (κ2) is 7.16. The molecule has 18 heavy (non-hydrogen) atoms. The summed E-state index contributed by atoms with van der Waals surface area (Å²) in [4.78, 5) is 24.9. The third kappa shape index (κ3) is 3.84. The minimum atomic E-state index is -0.934. The average molecular weight is 254 g/mol. The van der Waals surface area contributed by atoms with Gasteiger partial charge in [-0.15, -0.1) is 6.58 Å². The number of rotatable bonds is 4. The molecule has 5 heteroatoms. The van der Waals surface area contributed by atoms with Crippen LogP contribution < -0.4 is 5.73 Å². The highest BCUT2D eigenvalue weighted by molar-refractivity contribution is 5.87. The molecule has 1 heterocycles. The van der Waals surface area contributed by atoms with E-state index in [-0.39, 0.29) is 5.91 Å². The fraction of sp³-hybridized carbons (Fsp3) is 0.692. The summed E-state index contributed by atoms with van der Waals surface area (Å²) in [5, 5.41) is 9.23. The largest absolute Gasteiger partial charge is 0.480 e. The quantitative estimate of drug-likeness (QED) is 0.737. The molecule has 102 valence electrons. The van der Waals surface area contributed by atoms with Gasteiger partial charge in [-0.05, 0) is 19.3 Å². The van der Waals surface area contributed by atoms with Crippen LogP contribution in [0.5, 0.6) is 0 Å². The first kappa shape index (κ1) is 14.7. The molecule has 0 aromatic rings. The van der Waals surface area contributed by atoms with Crippen molar-refractivity contribution in [3.05, 3.63) is 12.7 Å². The van der Waals surface area contributed by atoms with Crippen LogP contribution in [0.4, 0.5) is 0 Å². The van der Waals surface area contributed by atoms with Crippen LogP contribution in [0, 0.1) is 0 Å². The van der Waals surface area contributed by atoms with E-state index in [1.54, 1.807) is 6.08 Å². The van der Waals surface area contributed by atoms with Gasteiger partial charge in [-0.25, -0.2) is 4.79 Å². The van der Waals surface area contributed by atoms with Gasteiger partial charge in [0.25, 0.3) is 0 Å². The fourth-order valence-electron chi connectivity index (χ4n) is 2.30. The zero-order chi connectivity index (χ0) is 13.5. The van der Waals surface area contributed by atoms with Gasteiger partial charge in [-0.2, -0.15) is 0 Å². The Balaban J connectivity index is 2.79. The van der Waals surface area contributed by atoms with E-state index < -0.39 is 18.1 Å². The predicted molar refractivity (Wildman–Crippen MR) is 69.0 cm³/mol. The van der Waals surface area contributed by atoms with Crippen molar-refractivity contribution in [3.63, 3.8) is 0 Å². The lowest BCUT2D eigenvalue weighted by Crippen LogP contribution is -2.52. The lowest BCUT2D eigenvalue weighted by Gasteiger charge is -2.32. The van der Waals surface area contributed by atoms with Crippen LogP contribution in [0.2, 0.25) is 0 Å². The molecule has 1 fully saturated rings. The molecule has 5 nitrogen and oxygen atoms in total. The molecule has 1 rings (SSSR count). The number of carboxylic acids is 1. The number of hydrogen-bond donors (Lipinski definition) is 2. The van der Waals surface area contributed by atoms with E-state index >= 15 is 0 Å². The van der Waals surface area contributed by atoms with E-state index in [1.807, 2.05) is 0 Å². The van der Waals surface area contributed by atoms with E-state index in [4.69, 9.17) is 5.73 Å². The number of nitrogens with zero attached hydrogens (tertiary/aromatic N) is 1. The highest BCUT2D eigenvalue weighted by atomic mass is 16.4. The van der Waals surface area contributed by atoms with E-state index in [1.165, 1.54) is 4.90 Å². The minimum absolute atomic E-state index is 0.274. The second-order valence-corrected chi connectivity index (χ2v) is 4.72. The number of hydrogen-bond acceptors (Lipinski definition) is 3. The maximum absolute atomic E-state index is 12.2. The molecule has 2 unspecified atom stereocenters. The van der Waals surface area contributed by atoms with Gasteiger partial charge in [-0.3, -0.25) is 4.79 Å². The average Bonchev–Trinajstić information content (AvgIpc) is 2.27. The van der Waals surface area contributed by atoms with Crippen molar-refractivity contribution in [2.45, 2.75) is 50.6 Å². The third-order valence-corrected chi connectivity index (χ3v) is 3.31. The van der Waals surface area contributed by atoms with Gasteiger partial charge in [0.05, 0.1) is 6.04 Å². The van der Waals surface area contributed by atoms with Crippen LogP contribution in [-0.4, -0.2) is 40.5 Å². The molecule has 0 bridgehead atoms. The van der Waals surface area contributed by atoms with E-state index in [0.29, 0.717) is 19.4 Å². The number of carboxylic acid groups (broad SMARTS) is 1. The van der Waals surface area contributed by atoms with Gasteiger partial charge in [0.1, 0.15) is 6.04 Å². The SMILES string of the molecule is C=CCC(N)C(=O)N1CCCCCCC1C(=O)O. The zero-order valence-electron chi connectivity index (χ0n) is 10.7. The van der Waals surface area contributed by atoms with E-state index in [0.717, 1.165) is 25.7 Å². The maximum Gasteiger partial charge on any atom is 0.326 e. The van der Waals surface area contributed by atoms with Crippen molar-refractivity contribution < 1.29 is 14.7 Å². The van der Waals surface area contributed by atoms with Crippen molar-refractivity contribution in [1.29, 1.82) is 0 Å². The lowest BCUT2D eigenvalue weighted by atomic mass is 10.0. The molecule has 0 radical (unpaired) electrons. The predicted octanol–water partition coefficient (Wildman–Crippen LogP) is 1.14. The van der Waals surface area contributed by atoms with E-state index in [2.05, 4.69) is 6.58 Å². The standard InChI is InChI=1S/C13H22N2O3/c1-2-7-10(14)12(16)15-9-6-4-3-5-8-11(15)13(17)18/h2,10-11H,1,3-9,14H2,(H,17,18). The summed E-state index contributed by atoms with van der Waals surface area (Å²) < 4.78 is 0. The number of aliphatic carboxylic acids is 1. The number of likely N-dealkylation sites (tertiary alicyclic amines) is 1. The molecular formula is C13H22N2O3. The Morgan fingerprint density at radius 2 is 2.06 bits per heavy atom. The van der Waals surface area contributed by atoms with Crippen molar-refractivity contribution in [3.8, 4) is 0 Å². The van der Waals surface area contributed by atoms with Crippen LogP contribution in [0.25, 0.3) is 0 Å². The maximum atomic E-state index is 12.2. The Bertz CT molecular complexity index is 317. The molecule has 1 amide bonds. The van der Waals surface area contributed by atoms with Crippen LogP contribution in [0.1, 0.15) is 38.5 Å². The Labute approximate surface area is 108 Å². The summed E-state index contributed by atoms with van der Waals surface area (Å²) in [7, 11) is 0. The first-order chi connectivity index (χ1) is 8.57. The van der Waals surface area contributed by atoms with Crippen LogP contribution >= 0.6 is 0 Å². The summed E-state index contributed by atoms with van der Waals surface area (Å²) in [6, 6.07) is -1.41. The molecule has 0 aromatic carbocycles. The highest BCUT2D eigenvalue weighted by Gasteiger charge is 2.32. The molecule has 3 N–H and O–H groups in total. The minimum Gasteiger partial charge on any atom is -0.480 e. The van der Waals surface area contributed by atoms with Gasteiger partial charge in [0.15, 0.2) is 0 Å². The summed E-state index contributed by atoms with van der Waals surface area (Å²) in [6.45, 7) is 4.04. The molecule has 0 aliphatic carbocycles. The number of nitrogens with two attached hydrogens (primary N) is 1. The third-order valence-electron chi connectivity index (χ3n) is 3.31. The summed E-state index contributed by atoms with van der Waals surface area (Å²) in [5.74, 6) is -1.21. The first-order valence-electron chi connectivity index (χ1n) is 6.47. The molecule has 0 aromatic heterocycles. The normalized spacial score (nSPS) is 22.7. The molecule has 0 spiro atoms. The van der Waals surface area contributed by atoms with Gasteiger partial charge < -0.3 is 15.7 Å². The van der Waals surface area contributed by atoms with Gasteiger partial charge in [0, 0.05) is 6.54 Å². The van der Waals surface area contributed by atoms with Crippen molar-refractivity contribution in [2.24, 2.45) is 5.73 Å². The van der Waals surface area contributed by atoms with Crippen LogP contribution in [0.3, 0.4) is 0 Å². The molecule has 2 atom stereocenters. The van der Waals surface area contributed by atoms with Crippen LogP contribution in [-0.2, 0) is 9.59 Å². The topological polar surface area (TPSA) is 83.6 Å². The molecular weight excluding hydrogens is 232 g/mol. The van der Waals surface area contributed by atoms with Crippen molar-refractivity contribution >= 4 is 11.9 Å². The van der Waals surface area contributed by atoms with Crippen molar-refractivity contribution in [2.75, 3.05) is 6.54 Å². The molecule has 0 saturated carbocycles. The fourth-order valence-corrected chi connectivity index (χ4v) is 2.30. The highest BCUT2D eigenvalue weighted by Crippen LogP contribution is 2.18. The monoisotopic (exact) mass is 254 g/mol. The summed E-state index contributed by atoms with van der Waals surface area (Å²) in [6.07, 6.45) is 6.23. The number of carbonyl (C=O) groups excluding carboxylic acids is 1. The Hall–Kier alpha value is -1.36.